The van der Waals surface area contributed by atoms with Crippen LogP contribution in [0.2, 0.25) is 5.02 Å². The Kier molecular flexibility index (Phi) is 2.57. The van der Waals surface area contributed by atoms with Crippen LogP contribution in [-0.2, 0) is 6.42 Å². The van der Waals surface area contributed by atoms with E-state index in [0.29, 0.717) is 0 Å². The van der Waals surface area contributed by atoms with Crippen molar-refractivity contribution in [3.63, 3.8) is 0 Å². The Morgan fingerprint density at radius 2 is 2.17 bits per heavy atom. The summed E-state index contributed by atoms with van der Waals surface area (Å²) in [5.41, 5.74) is 0.0475. The van der Waals surface area contributed by atoms with E-state index in [0.717, 1.165) is 6.20 Å². The first-order valence-electron chi connectivity index (χ1n) is 3.06. The molecule has 0 N–H and O–H groups in total. The second kappa shape index (κ2) is 3.31. The standard InChI is InChI=1S/C7H4ClF3N/c8-6-1-5(3-12-4-6)2-7(9,10)11/h1,3H,2H2. The van der Waals surface area contributed by atoms with Crippen LogP contribution in [0.5, 0.6) is 0 Å². The zero-order valence-electron chi connectivity index (χ0n) is 5.82. The maximum atomic E-state index is 11.8. The molecule has 0 atom stereocenters. The SMILES string of the molecule is FC(F)(F)Cc1cn[c]c(Cl)c1. The zero-order chi connectivity index (χ0) is 9.19. The second-order valence-corrected chi connectivity index (χ2v) is 2.64. The minimum absolute atomic E-state index is 0.0475. The van der Waals surface area contributed by atoms with Gasteiger partial charge in [-0.15, -0.1) is 0 Å². The highest BCUT2D eigenvalue weighted by Crippen LogP contribution is 2.21. The Bertz CT molecular complexity index is 272. The first-order valence-corrected chi connectivity index (χ1v) is 3.44. The van der Waals surface area contributed by atoms with Crippen LogP contribution >= 0.6 is 11.6 Å². The normalized spacial score (nSPS) is 11.7. The molecule has 1 radical (unpaired) electrons. The molecule has 1 heterocycles. The third-order valence-electron chi connectivity index (χ3n) is 1.12. The smallest absolute Gasteiger partial charge is 0.253 e. The molecule has 5 heteroatoms. The van der Waals surface area contributed by atoms with E-state index < -0.39 is 12.6 Å². The summed E-state index contributed by atoms with van der Waals surface area (Å²) in [6.45, 7) is 0. The molecule has 0 aliphatic heterocycles. The van der Waals surface area contributed by atoms with E-state index in [1.807, 2.05) is 0 Å². The highest BCUT2D eigenvalue weighted by Gasteiger charge is 2.27. The van der Waals surface area contributed by atoms with Crippen molar-refractivity contribution < 1.29 is 13.2 Å². The van der Waals surface area contributed by atoms with Crippen LogP contribution in [0.25, 0.3) is 0 Å². The zero-order valence-corrected chi connectivity index (χ0v) is 6.58. The minimum atomic E-state index is -4.22. The van der Waals surface area contributed by atoms with Gasteiger partial charge in [-0.3, -0.25) is 4.98 Å². The number of halogens is 4. The van der Waals surface area contributed by atoms with Crippen molar-refractivity contribution in [3.05, 3.63) is 29.0 Å². The fourth-order valence-corrected chi connectivity index (χ4v) is 0.926. The van der Waals surface area contributed by atoms with Gasteiger partial charge in [0.1, 0.15) is 6.20 Å². The summed E-state index contributed by atoms with van der Waals surface area (Å²) in [6.07, 6.45) is -1.82. The Labute approximate surface area is 72.2 Å². The van der Waals surface area contributed by atoms with Crippen LogP contribution in [0.15, 0.2) is 12.3 Å². The van der Waals surface area contributed by atoms with Crippen molar-refractivity contribution in [2.75, 3.05) is 0 Å². The summed E-state index contributed by atoms with van der Waals surface area (Å²) in [6, 6.07) is 1.20. The first-order chi connectivity index (χ1) is 5.47. The van der Waals surface area contributed by atoms with E-state index in [-0.39, 0.29) is 10.6 Å². The van der Waals surface area contributed by atoms with Gasteiger partial charge in [0.15, 0.2) is 0 Å². The number of hydrogen-bond donors (Lipinski definition) is 0. The maximum absolute atomic E-state index is 11.8. The molecule has 1 aromatic heterocycles. The van der Waals surface area contributed by atoms with Crippen LogP contribution in [0.4, 0.5) is 13.2 Å². The van der Waals surface area contributed by atoms with Gasteiger partial charge in [0.05, 0.1) is 11.4 Å². The van der Waals surface area contributed by atoms with E-state index in [4.69, 9.17) is 11.6 Å². The molecule has 0 aliphatic carbocycles. The molecule has 65 valence electrons. The van der Waals surface area contributed by atoms with Crippen LogP contribution in [0, 0.1) is 6.20 Å². The number of aromatic nitrogens is 1. The molecule has 0 fully saturated rings. The Balaban J connectivity index is 2.77. The van der Waals surface area contributed by atoms with Gasteiger partial charge in [0.2, 0.25) is 0 Å². The highest BCUT2D eigenvalue weighted by molar-refractivity contribution is 6.30. The molecule has 0 amide bonds. The fraction of sp³-hybridized carbons (Fsp3) is 0.286. The first kappa shape index (κ1) is 9.32. The number of nitrogens with zero attached hydrogens (tertiary/aromatic N) is 1. The lowest BCUT2D eigenvalue weighted by Gasteiger charge is -2.04. The van der Waals surface area contributed by atoms with Crippen molar-refractivity contribution in [1.29, 1.82) is 0 Å². The number of alkyl halides is 3. The van der Waals surface area contributed by atoms with Crippen LogP contribution in [0.1, 0.15) is 5.56 Å². The molecule has 0 bridgehead atoms. The van der Waals surface area contributed by atoms with Crippen LogP contribution in [0.3, 0.4) is 0 Å². The van der Waals surface area contributed by atoms with E-state index in [2.05, 4.69) is 11.2 Å². The molecule has 1 aromatic rings. The van der Waals surface area contributed by atoms with E-state index in [1.165, 1.54) is 6.07 Å². The molecular formula is C7H4ClF3N. The lowest BCUT2D eigenvalue weighted by molar-refractivity contribution is -0.127. The Morgan fingerprint density at radius 3 is 2.67 bits per heavy atom. The average Bonchev–Trinajstić information content (AvgIpc) is 1.82. The van der Waals surface area contributed by atoms with E-state index in [1.54, 1.807) is 0 Å². The van der Waals surface area contributed by atoms with Crippen molar-refractivity contribution >= 4 is 11.6 Å². The number of rotatable bonds is 1. The lowest BCUT2D eigenvalue weighted by Crippen LogP contribution is -2.11. The van der Waals surface area contributed by atoms with Crippen molar-refractivity contribution in [2.45, 2.75) is 12.6 Å². The van der Waals surface area contributed by atoms with Gasteiger partial charge in [0, 0.05) is 6.20 Å². The minimum Gasteiger partial charge on any atom is -0.253 e. The van der Waals surface area contributed by atoms with E-state index >= 15 is 0 Å². The topological polar surface area (TPSA) is 12.9 Å². The number of pyridine rings is 1. The quantitative estimate of drug-likeness (QED) is 0.670. The molecule has 0 aliphatic rings. The third kappa shape index (κ3) is 3.09. The molecule has 1 rings (SSSR count). The summed E-state index contributed by atoms with van der Waals surface area (Å²) in [4.78, 5) is 3.41. The van der Waals surface area contributed by atoms with Gasteiger partial charge in [-0.2, -0.15) is 13.2 Å². The van der Waals surface area contributed by atoms with Crippen molar-refractivity contribution in [2.24, 2.45) is 0 Å². The van der Waals surface area contributed by atoms with Gasteiger partial charge in [0.25, 0.3) is 0 Å². The van der Waals surface area contributed by atoms with Gasteiger partial charge >= 0.3 is 6.18 Å². The fourth-order valence-electron chi connectivity index (χ4n) is 0.737. The maximum Gasteiger partial charge on any atom is 0.393 e. The van der Waals surface area contributed by atoms with Gasteiger partial charge in [-0.25, -0.2) is 0 Å². The molecule has 0 aromatic carbocycles. The monoisotopic (exact) mass is 194 g/mol. The van der Waals surface area contributed by atoms with Crippen molar-refractivity contribution in [3.8, 4) is 0 Å². The summed E-state index contributed by atoms with van der Waals surface area (Å²) in [7, 11) is 0. The molecule has 0 saturated heterocycles. The average molecular weight is 195 g/mol. The molecule has 0 spiro atoms. The van der Waals surface area contributed by atoms with E-state index in [9.17, 15) is 13.2 Å². The Morgan fingerprint density at radius 1 is 1.50 bits per heavy atom. The largest absolute Gasteiger partial charge is 0.393 e. The second-order valence-electron chi connectivity index (χ2n) is 2.23. The molecule has 12 heavy (non-hydrogen) atoms. The summed E-state index contributed by atoms with van der Waals surface area (Å²) in [5.74, 6) is 0. The molecule has 1 nitrogen and oxygen atoms in total. The van der Waals surface area contributed by atoms with Crippen molar-refractivity contribution in [1.82, 2.24) is 4.98 Å². The lowest BCUT2D eigenvalue weighted by atomic mass is 10.2. The number of hydrogen-bond acceptors (Lipinski definition) is 1. The highest BCUT2D eigenvalue weighted by atomic mass is 35.5. The van der Waals surface area contributed by atoms with Crippen LogP contribution < -0.4 is 0 Å². The van der Waals surface area contributed by atoms with Crippen LogP contribution in [-0.4, -0.2) is 11.2 Å². The summed E-state index contributed by atoms with van der Waals surface area (Å²) < 4.78 is 35.4. The Hall–Kier alpha value is -0.770. The van der Waals surface area contributed by atoms with Gasteiger partial charge in [-0.1, -0.05) is 11.6 Å². The third-order valence-corrected chi connectivity index (χ3v) is 1.31. The predicted molar refractivity (Wildman–Crippen MR) is 37.8 cm³/mol. The predicted octanol–water partition coefficient (Wildman–Crippen LogP) is 2.64. The summed E-state index contributed by atoms with van der Waals surface area (Å²) in [5, 5.41) is 0.0942. The van der Waals surface area contributed by atoms with Gasteiger partial charge < -0.3 is 0 Å². The van der Waals surface area contributed by atoms with Gasteiger partial charge in [-0.05, 0) is 11.6 Å². The molecular weight excluding hydrogens is 191 g/mol. The molecule has 0 unspecified atom stereocenters. The molecule has 0 saturated carbocycles. The summed E-state index contributed by atoms with van der Waals surface area (Å²) >= 11 is 5.39.